The Morgan fingerprint density at radius 2 is 2.28 bits per heavy atom. The van der Waals surface area contributed by atoms with Crippen LogP contribution in [-0.2, 0) is 21.3 Å². The summed E-state index contributed by atoms with van der Waals surface area (Å²) in [5.74, 6) is 0. The Morgan fingerprint density at radius 3 is 2.89 bits per heavy atom. The lowest BCUT2D eigenvalue weighted by Gasteiger charge is -2.04. The van der Waals surface area contributed by atoms with Crippen molar-refractivity contribution in [1.29, 1.82) is 0 Å². The van der Waals surface area contributed by atoms with Crippen LogP contribution in [0, 0.1) is 0 Å². The first kappa shape index (κ1) is 15.6. The Morgan fingerprint density at radius 1 is 1.50 bits per heavy atom. The minimum absolute atomic E-state index is 0.0609. The summed E-state index contributed by atoms with van der Waals surface area (Å²) < 4.78 is 33.1. The summed E-state index contributed by atoms with van der Waals surface area (Å²) in [7, 11) is -3.49. The molecule has 0 saturated heterocycles. The minimum atomic E-state index is -3.49. The second-order valence-corrected chi connectivity index (χ2v) is 6.10. The van der Waals surface area contributed by atoms with Gasteiger partial charge in [-0.3, -0.25) is 0 Å². The summed E-state index contributed by atoms with van der Waals surface area (Å²) in [5, 5.41) is 0.846. The summed E-state index contributed by atoms with van der Waals surface area (Å²) in [4.78, 5) is 3.86. The molecule has 1 aromatic rings. The van der Waals surface area contributed by atoms with Crippen LogP contribution < -0.4 is 4.72 Å². The maximum Gasteiger partial charge on any atom is 0.259 e. The molecule has 1 N–H and O–H groups in total. The number of sulfonamides is 1. The van der Waals surface area contributed by atoms with E-state index in [2.05, 4.69) is 25.6 Å². The average molecular weight is 340 g/mol. The molecule has 1 heterocycles. The van der Waals surface area contributed by atoms with E-state index in [-0.39, 0.29) is 5.03 Å². The quantitative estimate of drug-likeness (QED) is 0.537. The Balaban J connectivity index is 2.36. The lowest BCUT2D eigenvalue weighted by Crippen LogP contribution is -2.26. The molecule has 0 aliphatic rings. The Hall–Kier alpha value is -0.440. The molecule has 104 valence electrons. The second kappa shape index (κ2) is 7.88. The zero-order valence-corrected chi connectivity index (χ0v) is 12.7. The number of hydrogen-bond acceptors (Lipinski definition) is 4. The molecule has 0 bridgehead atoms. The van der Waals surface area contributed by atoms with Crippen LogP contribution in [0.5, 0.6) is 0 Å². The molecule has 18 heavy (non-hydrogen) atoms. The zero-order valence-electron chi connectivity index (χ0n) is 10.3. The number of rotatable bonds is 9. The van der Waals surface area contributed by atoms with Crippen molar-refractivity contribution in [3.8, 4) is 0 Å². The SMILES string of the molecule is CCn1cnc(S(=O)(=O)NCCCOCCBr)c1. The van der Waals surface area contributed by atoms with Crippen molar-refractivity contribution < 1.29 is 13.2 Å². The third kappa shape index (κ3) is 5.05. The number of imidazole rings is 1. The first-order valence-electron chi connectivity index (χ1n) is 5.75. The van der Waals surface area contributed by atoms with Crippen molar-refractivity contribution in [3.63, 3.8) is 0 Å². The summed E-state index contributed by atoms with van der Waals surface area (Å²) >= 11 is 3.24. The van der Waals surface area contributed by atoms with Gasteiger partial charge in [0.15, 0.2) is 5.03 Å². The minimum Gasteiger partial charge on any atom is -0.381 e. The van der Waals surface area contributed by atoms with Gasteiger partial charge in [-0.2, -0.15) is 0 Å². The molecule has 0 fully saturated rings. The largest absolute Gasteiger partial charge is 0.381 e. The van der Waals surface area contributed by atoms with Crippen molar-refractivity contribution in [2.45, 2.75) is 24.9 Å². The van der Waals surface area contributed by atoms with Crippen molar-refractivity contribution >= 4 is 26.0 Å². The third-order valence-electron chi connectivity index (χ3n) is 2.23. The van der Waals surface area contributed by atoms with Gasteiger partial charge in [0.05, 0.1) is 12.9 Å². The van der Waals surface area contributed by atoms with Gasteiger partial charge in [-0.1, -0.05) is 15.9 Å². The van der Waals surface area contributed by atoms with Crippen LogP contribution in [0.3, 0.4) is 0 Å². The first-order chi connectivity index (χ1) is 8.60. The molecule has 0 amide bonds. The average Bonchev–Trinajstić information content (AvgIpc) is 2.83. The van der Waals surface area contributed by atoms with Crippen LogP contribution in [-0.4, -0.2) is 43.1 Å². The summed E-state index contributed by atoms with van der Waals surface area (Å²) in [6.07, 6.45) is 3.66. The molecule has 8 heteroatoms. The molecule has 1 aromatic heterocycles. The number of nitrogens with one attached hydrogen (secondary N) is 1. The second-order valence-electron chi connectivity index (χ2n) is 3.60. The van der Waals surface area contributed by atoms with E-state index >= 15 is 0 Å². The fourth-order valence-corrected chi connectivity index (χ4v) is 2.51. The van der Waals surface area contributed by atoms with Crippen molar-refractivity contribution in [2.24, 2.45) is 0 Å². The van der Waals surface area contributed by atoms with E-state index in [0.717, 1.165) is 5.33 Å². The number of aryl methyl sites for hydroxylation is 1. The molecule has 0 aliphatic heterocycles. The van der Waals surface area contributed by atoms with Crippen molar-refractivity contribution in [1.82, 2.24) is 14.3 Å². The van der Waals surface area contributed by atoms with Crippen LogP contribution in [0.4, 0.5) is 0 Å². The maximum absolute atomic E-state index is 11.8. The van der Waals surface area contributed by atoms with Crippen LogP contribution in [0.1, 0.15) is 13.3 Å². The van der Waals surface area contributed by atoms with Crippen LogP contribution in [0.15, 0.2) is 17.6 Å². The highest BCUT2D eigenvalue weighted by Crippen LogP contribution is 2.04. The molecule has 1 rings (SSSR count). The van der Waals surface area contributed by atoms with Gasteiger partial charge in [0.2, 0.25) is 0 Å². The number of nitrogens with zero attached hydrogens (tertiary/aromatic N) is 2. The normalized spacial score (nSPS) is 11.9. The molecule has 0 saturated carbocycles. The number of aromatic nitrogens is 2. The molecule has 0 aliphatic carbocycles. The van der Waals surface area contributed by atoms with Gasteiger partial charge in [0, 0.05) is 31.2 Å². The van der Waals surface area contributed by atoms with Crippen LogP contribution >= 0.6 is 15.9 Å². The van der Waals surface area contributed by atoms with E-state index in [0.29, 0.717) is 32.7 Å². The summed E-state index contributed by atoms with van der Waals surface area (Å²) in [6, 6.07) is 0. The lowest BCUT2D eigenvalue weighted by atomic mass is 10.5. The maximum atomic E-state index is 11.8. The number of ether oxygens (including phenoxy) is 1. The smallest absolute Gasteiger partial charge is 0.259 e. The molecule has 0 aromatic carbocycles. The Bertz CT molecular complexity index is 447. The summed E-state index contributed by atoms with van der Waals surface area (Å²) in [6.45, 7) is 4.14. The van der Waals surface area contributed by atoms with Gasteiger partial charge < -0.3 is 9.30 Å². The topological polar surface area (TPSA) is 73.2 Å². The van der Waals surface area contributed by atoms with Gasteiger partial charge >= 0.3 is 0 Å². The van der Waals surface area contributed by atoms with Crippen LogP contribution in [0.2, 0.25) is 0 Å². The molecule has 0 atom stereocenters. The van der Waals surface area contributed by atoms with Crippen molar-refractivity contribution in [3.05, 3.63) is 12.5 Å². The zero-order chi connectivity index (χ0) is 13.4. The highest BCUT2D eigenvalue weighted by atomic mass is 79.9. The monoisotopic (exact) mass is 339 g/mol. The predicted octanol–water partition coefficient (Wildman–Crippen LogP) is 0.983. The lowest BCUT2D eigenvalue weighted by molar-refractivity contribution is 0.149. The molecule has 0 spiro atoms. The molecular formula is C10H18BrN3O3S. The van der Waals surface area contributed by atoms with Gasteiger partial charge in [-0.15, -0.1) is 0 Å². The fraction of sp³-hybridized carbons (Fsp3) is 0.700. The van der Waals surface area contributed by atoms with E-state index in [4.69, 9.17) is 4.74 Å². The predicted molar refractivity (Wildman–Crippen MR) is 72.3 cm³/mol. The highest BCUT2D eigenvalue weighted by Gasteiger charge is 2.16. The number of hydrogen-bond donors (Lipinski definition) is 1. The third-order valence-corrected chi connectivity index (χ3v) is 3.90. The number of alkyl halides is 1. The van der Waals surface area contributed by atoms with Gasteiger partial charge in [-0.25, -0.2) is 18.1 Å². The highest BCUT2D eigenvalue weighted by molar-refractivity contribution is 9.09. The van der Waals surface area contributed by atoms with E-state index in [1.807, 2.05) is 6.92 Å². The van der Waals surface area contributed by atoms with E-state index in [9.17, 15) is 8.42 Å². The standard InChI is InChI=1S/C10H18BrN3O3S/c1-2-14-8-10(12-9-14)18(15,16)13-5-3-6-17-7-4-11/h8-9,13H,2-7H2,1H3. The van der Waals surface area contributed by atoms with Gasteiger partial charge in [-0.05, 0) is 13.3 Å². The van der Waals surface area contributed by atoms with Gasteiger partial charge in [0.1, 0.15) is 0 Å². The van der Waals surface area contributed by atoms with Crippen LogP contribution in [0.25, 0.3) is 0 Å². The number of halogens is 1. The fourth-order valence-electron chi connectivity index (χ4n) is 1.26. The van der Waals surface area contributed by atoms with E-state index < -0.39 is 10.0 Å². The Labute approximate surface area is 116 Å². The Kier molecular flexibility index (Phi) is 6.83. The molecule has 0 unspecified atom stereocenters. The molecule has 6 nitrogen and oxygen atoms in total. The first-order valence-corrected chi connectivity index (χ1v) is 8.35. The van der Waals surface area contributed by atoms with E-state index in [1.54, 1.807) is 4.57 Å². The molecular weight excluding hydrogens is 322 g/mol. The van der Waals surface area contributed by atoms with Gasteiger partial charge in [0.25, 0.3) is 10.0 Å². The van der Waals surface area contributed by atoms with Crippen molar-refractivity contribution in [2.75, 3.05) is 25.1 Å². The van der Waals surface area contributed by atoms with E-state index in [1.165, 1.54) is 12.5 Å². The molecule has 0 radical (unpaired) electrons. The summed E-state index contributed by atoms with van der Waals surface area (Å²) in [5.41, 5.74) is 0.